The molecule has 2 fully saturated rings. The molecule has 1 aliphatic carbocycles. The van der Waals surface area contributed by atoms with Crippen molar-refractivity contribution in [3.8, 4) is 0 Å². The molecule has 1 saturated heterocycles. The van der Waals surface area contributed by atoms with Crippen LogP contribution in [0.2, 0.25) is 0 Å². The largest absolute Gasteiger partial charge is 0.324 e. The van der Waals surface area contributed by atoms with E-state index in [-0.39, 0.29) is 5.54 Å². The van der Waals surface area contributed by atoms with Gasteiger partial charge in [0.25, 0.3) is 0 Å². The first-order chi connectivity index (χ1) is 6.18. The molecule has 0 radical (unpaired) electrons. The Balaban J connectivity index is 1.83. The van der Waals surface area contributed by atoms with Gasteiger partial charge in [0, 0.05) is 18.6 Å². The molecule has 0 bridgehead atoms. The normalized spacial score (nSPS) is 34.2. The molecular weight excluding hydrogens is 160 g/mol. The molecule has 0 aromatic carbocycles. The van der Waals surface area contributed by atoms with Crippen LogP contribution in [0.25, 0.3) is 0 Å². The molecule has 2 aliphatic rings. The second-order valence-corrected chi connectivity index (χ2v) is 5.20. The zero-order valence-electron chi connectivity index (χ0n) is 8.76. The molecule has 2 N–H and O–H groups in total. The molecule has 0 aromatic rings. The molecule has 2 rings (SSSR count). The lowest BCUT2D eigenvalue weighted by atomic mass is 9.99. The van der Waals surface area contributed by atoms with Crippen molar-refractivity contribution >= 4 is 0 Å². The molecule has 0 spiro atoms. The van der Waals surface area contributed by atoms with Crippen LogP contribution in [0, 0.1) is 5.92 Å². The van der Waals surface area contributed by atoms with E-state index in [4.69, 9.17) is 5.73 Å². The molecule has 13 heavy (non-hydrogen) atoms. The maximum absolute atomic E-state index is 6.34. The summed E-state index contributed by atoms with van der Waals surface area (Å²) in [5.41, 5.74) is 6.51. The van der Waals surface area contributed by atoms with Gasteiger partial charge >= 0.3 is 0 Å². The highest BCUT2D eigenvalue weighted by Gasteiger charge is 2.32. The average molecular weight is 182 g/mol. The predicted molar refractivity (Wildman–Crippen MR) is 55.6 cm³/mol. The van der Waals surface area contributed by atoms with Gasteiger partial charge in [0.2, 0.25) is 0 Å². The highest BCUT2D eigenvalue weighted by Crippen LogP contribution is 2.29. The monoisotopic (exact) mass is 182 g/mol. The van der Waals surface area contributed by atoms with Crippen LogP contribution in [0.3, 0.4) is 0 Å². The van der Waals surface area contributed by atoms with E-state index in [0.717, 1.165) is 12.5 Å². The first kappa shape index (κ1) is 9.47. The smallest absolute Gasteiger partial charge is 0.0283 e. The van der Waals surface area contributed by atoms with Crippen LogP contribution in [0.1, 0.15) is 39.0 Å². The number of likely N-dealkylation sites (tertiary alicyclic amines) is 1. The Bertz CT molecular complexity index is 173. The van der Waals surface area contributed by atoms with E-state index in [1.165, 1.54) is 45.2 Å². The van der Waals surface area contributed by atoms with Gasteiger partial charge < -0.3 is 10.6 Å². The zero-order valence-corrected chi connectivity index (χ0v) is 8.76. The molecular formula is C11H22N2. The van der Waals surface area contributed by atoms with Crippen molar-refractivity contribution in [2.45, 2.75) is 44.6 Å². The lowest BCUT2D eigenvalue weighted by Gasteiger charge is -2.29. The highest BCUT2D eigenvalue weighted by molar-refractivity contribution is 4.93. The molecule has 1 heterocycles. The Morgan fingerprint density at radius 3 is 2.62 bits per heavy atom. The van der Waals surface area contributed by atoms with Crippen LogP contribution < -0.4 is 5.73 Å². The third-order valence-electron chi connectivity index (χ3n) is 3.65. The van der Waals surface area contributed by atoms with E-state index in [0.29, 0.717) is 0 Å². The summed E-state index contributed by atoms with van der Waals surface area (Å²) in [6.07, 6.45) is 6.56. The second kappa shape index (κ2) is 3.58. The second-order valence-electron chi connectivity index (χ2n) is 5.20. The Labute approximate surface area is 81.5 Å². The van der Waals surface area contributed by atoms with E-state index in [2.05, 4.69) is 11.8 Å². The lowest BCUT2D eigenvalue weighted by molar-refractivity contribution is 0.243. The van der Waals surface area contributed by atoms with Crippen molar-refractivity contribution < 1.29 is 0 Å². The van der Waals surface area contributed by atoms with Crippen LogP contribution in [0.4, 0.5) is 0 Å². The molecule has 1 aliphatic heterocycles. The molecule has 76 valence electrons. The van der Waals surface area contributed by atoms with Crippen LogP contribution >= 0.6 is 0 Å². The van der Waals surface area contributed by atoms with Gasteiger partial charge in [0.15, 0.2) is 0 Å². The van der Waals surface area contributed by atoms with Crippen molar-refractivity contribution in [2.24, 2.45) is 11.7 Å². The van der Waals surface area contributed by atoms with Crippen LogP contribution in [0.5, 0.6) is 0 Å². The highest BCUT2D eigenvalue weighted by atomic mass is 15.2. The van der Waals surface area contributed by atoms with Crippen molar-refractivity contribution in [3.05, 3.63) is 0 Å². The summed E-state index contributed by atoms with van der Waals surface area (Å²) in [7, 11) is 0. The summed E-state index contributed by atoms with van der Waals surface area (Å²) < 4.78 is 0. The molecule has 1 atom stereocenters. The fraction of sp³-hybridized carbons (Fsp3) is 1.00. The third-order valence-corrected chi connectivity index (χ3v) is 3.65. The number of hydrogen-bond donors (Lipinski definition) is 1. The van der Waals surface area contributed by atoms with Gasteiger partial charge in [-0.1, -0.05) is 19.8 Å². The van der Waals surface area contributed by atoms with E-state index < -0.39 is 0 Å². The Hall–Kier alpha value is -0.0800. The van der Waals surface area contributed by atoms with Crippen LogP contribution in [0.15, 0.2) is 0 Å². The lowest BCUT2D eigenvalue weighted by Crippen LogP contribution is -2.47. The van der Waals surface area contributed by atoms with Crippen molar-refractivity contribution in [1.29, 1.82) is 0 Å². The Kier molecular flexibility index (Phi) is 2.61. The third kappa shape index (κ3) is 2.23. The number of nitrogens with two attached hydrogens (primary N) is 1. The standard InChI is InChI=1S/C11H22N2/c1-10-4-7-13(8-10)9-11(12)5-2-3-6-11/h10H,2-9,12H2,1H3. The van der Waals surface area contributed by atoms with Gasteiger partial charge in [0.05, 0.1) is 0 Å². The molecule has 1 saturated carbocycles. The number of rotatable bonds is 2. The number of hydrogen-bond acceptors (Lipinski definition) is 2. The molecule has 0 amide bonds. The van der Waals surface area contributed by atoms with Crippen molar-refractivity contribution in [3.63, 3.8) is 0 Å². The topological polar surface area (TPSA) is 29.3 Å². The average Bonchev–Trinajstić information content (AvgIpc) is 2.62. The molecule has 2 heteroatoms. The summed E-state index contributed by atoms with van der Waals surface area (Å²) in [6, 6.07) is 0. The maximum Gasteiger partial charge on any atom is 0.0283 e. The SMILES string of the molecule is CC1CCN(CC2(N)CCCC2)C1. The zero-order chi connectivity index (χ0) is 9.31. The van der Waals surface area contributed by atoms with E-state index in [1.807, 2.05) is 0 Å². The molecule has 2 nitrogen and oxygen atoms in total. The summed E-state index contributed by atoms with van der Waals surface area (Å²) >= 11 is 0. The summed E-state index contributed by atoms with van der Waals surface area (Å²) in [5.74, 6) is 0.894. The van der Waals surface area contributed by atoms with Gasteiger partial charge in [-0.05, 0) is 31.7 Å². The summed E-state index contributed by atoms with van der Waals surface area (Å²) in [5, 5.41) is 0. The van der Waals surface area contributed by atoms with Gasteiger partial charge in [-0.3, -0.25) is 0 Å². The van der Waals surface area contributed by atoms with Gasteiger partial charge in [-0.2, -0.15) is 0 Å². The van der Waals surface area contributed by atoms with E-state index in [1.54, 1.807) is 0 Å². The minimum absolute atomic E-state index is 0.171. The Morgan fingerprint density at radius 2 is 2.08 bits per heavy atom. The van der Waals surface area contributed by atoms with Gasteiger partial charge in [-0.15, -0.1) is 0 Å². The predicted octanol–water partition coefficient (Wildman–Crippen LogP) is 1.60. The minimum atomic E-state index is 0.171. The van der Waals surface area contributed by atoms with Crippen LogP contribution in [-0.4, -0.2) is 30.1 Å². The first-order valence-corrected chi connectivity index (χ1v) is 5.69. The molecule has 1 unspecified atom stereocenters. The van der Waals surface area contributed by atoms with Gasteiger partial charge in [0.1, 0.15) is 0 Å². The fourth-order valence-electron chi connectivity index (χ4n) is 2.85. The first-order valence-electron chi connectivity index (χ1n) is 5.69. The van der Waals surface area contributed by atoms with Crippen molar-refractivity contribution in [1.82, 2.24) is 4.90 Å². The summed E-state index contributed by atoms with van der Waals surface area (Å²) in [6.45, 7) is 6.05. The minimum Gasteiger partial charge on any atom is -0.324 e. The Morgan fingerprint density at radius 1 is 1.38 bits per heavy atom. The quantitative estimate of drug-likeness (QED) is 0.703. The van der Waals surface area contributed by atoms with E-state index in [9.17, 15) is 0 Å². The van der Waals surface area contributed by atoms with Crippen LogP contribution in [-0.2, 0) is 0 Å². The summed E-state index contributed by atoms with van der Waals surface area (Å²) in [4.78, 5) is 2.57. The van der Waals surface area contributed by atoms with Gasteiger partial charge in [-0.25, -0.2) is 0 Å². The number of nitrogens with zero attached hydrogens (tertiary/aromatic N) is 1. The van der Waals surface area contributed by atoms with Crippen molar-refractivity contribution in [2.75, 3.05) is 19.6 Å². The maximum atomic E-state index is 6.34. The van der Waals surface area contributed by atoms with E-state index >= 15 is 0 Å². The molecule has 0 aromatic heterocycles. The fourth-order valence-corrected chi connectivity index (χ4v) is 2.85.